The number of ether oxygens (including phenoxy) is 1. The SMILES string of the molecule is CCC(C)[C@@H]1NCC2CCc3cccc(c3O2)CCCNC(=O)[C@@H](Cc2ccc(Cl)cc2)NC(=O)[C@H](CO)N(C)C1=O. The molecule has 0 aromatic heterocycles. The summed E-state index contributed by atoms with van der Waals surface area (Å²) in [5.41, 5.74) is 3.09. The third kappa shape index (κ3) is 7.82. The van der Waals surface area contributed by atoms with Crippen LogP contribution in [-0.4, -0.2) is 78.7 Å². The number of nitrogens with zero attached hydrogens (tertiary/aromatic N) is 1. The fraction of sp³-hybridized carbons (Fsp3) is 0.531. The molecule has 10 heteroatoms. The predicted molar refractivity (Wildman–Crippen MR) is 162 cm³/mol. The molecule has 0 spiro atoms. The number of para-hydroxylation sites is 1. The lowest BCUT2D eigenvalue weighted by molar-refractivity contribution is -0.143. The zero-order valence-electron chi connectivity index (χ0n) is 24.7. The smallest absolute Gasteiger partial charge is 0.245 e. The molecule has 5 atom stereocenters. The van der Waals surface area contributed by atoms with Crippen LogP contribution in [-0.2, 0) is 33.6 Å². The number of halogens is 1. The van der Waals surface area contributed by atoms with E-state index in [1.807, 2.05) is 19.9 Å². The van der Waals surface area contributed by atoms with Crippen molar-refractivity contribution in [2.75, 3.05) is 26.7 Å². The van der Waals surface area contributed by atoms with Gasteiger partial charge in [0, 0.05) is 31.6 Å². The van der Waals surface area contributed by atoms with Crippen LogP contribution in [0.3, 0.4) is 0 Å². The van der Waals surface area contributed by atoms with Gasteiger partial charge in [0.05, 0.1) is 12.6 Å². The fourth-order valence-electron chi connectivity index (χ4n) is 5.60. The van der Waals surface area contributed by atoms with Gasteiger partial charge in [0.15, 0.2) is 0 Å². The minimum absolute atomic E-state index is 0.0252. The van der Waals surface area contributed by atoms with Crippen LogP contribution in [0.15, 0.2) is 42.5 Å². The van der Waals surface area contributed by atoms with Gasteiger partial charge < -0.3 is 30.7 Å². The largest absolute Gasteiger partial charge is 0.489 e. The van der Waals surface area contributed by atoms with Crippen molar-refractivity contribution in [3.05, 3.63) is 64.2 Å². The van der Waals surface area contributed by atoms with Crippen molar-refractivity contribution >= 4 is 29.3 Å². The molecule has 0 radical (unpaired) electrons. The van der Waals surface area contributed by atoms with Gasteiger partial charge in [-0.2, -0.15) is 0 Å². The lowest BCUT2D eigenvalue weighted by Crippen LogP contribution is -2.59. The predicted octanol–water partition coefficient (Wildman–Crippen LogP) is 2.65. The van der Waals surface area contributed by atoms with E-state index in [0.717, 1.165) is 42.6 Å². The normalized spacial score (nSPS) is 25.0. The van der Waals surface area contributed by atoms with E-state index >= 15 is 0 Å². The fourth-order valence-corrected chi connectivity index (χ4v) is 5.72. The van der Waals surface area contributed by atoms with Crippen LogP contribution in [0.4, 0.5) is 0 Å². The van der Waals surface area contributed by atoms with E-state index in [2.05, 4.69) is 28.1 Å². The van der Waals surface area contributed by atoms with E-state index in [1.165, 1.54) is 17.5 Å². The van der Waals surface area contributed by atoms with E-state index in [9.17, 15) is 19.5 Å². The molecule has 0 aliphatic carbocycles. The topological polar surface area (TPSA) is 120 Å². The van der Waals surface area contributed by atoms with Crippen LogP contribution >= 0.6 is 11.6 Å². The number of aliphatic hydroxyl groups is 1. The van der Waals surface area contributed by atoms with E-state index in [0.29, 0.717) is 24.5 Å². The second-order valence-electron chi connectivity index (χ2n) is 11.4. The summed E-state index contributed by atoms with van der Waals surface area (Å²) in [4.78, 5) is 41.9. The number of aliphatic hydroxyl groups excluding tert-OH is 1. The van der Waals surface area contributed by atoms with Crippen molar-refractivity contribution in [2.24, 2.45) is 5.92 Å². The monoisotopic (exact) mass is 598 g/mol. The van der Waals surface area contributed by atoms with Crippen molar-refractivity contribution < 1.29 is 24.2 Å². The second-order valence-corrected chi connectivity index (χ2v) is 11.8. The first-order chi connectivity index (χ1) is 20.2. The van der Waals surface area contributed by atoms with Crippen LogP contribution in [0.1, 0.15) is 49.8 Å². The maximum Gasteiger partial charge on any atom is 0.245 e. The van der Waals surface area contributed by atoms with Crippen molar-refractivity contribution in [3.63, 3.8) is 0 Å². The van der Waals surface area contributed by atoms with Crippen molar-refractivity contribution in [3.8, 4) is 5.75 Å². The van der Waals surface area contributed by atoms with Crippen LogP contribution in [0, 0.1) is 5.92 Å². The van der Waals surface area contributed by atoms with Gasteiger partial charge in [-0.15, -0.1) is 0 Å². The van der Waals surface area contributed by atoms with Crippen molar-refractivity contribution in [1.82, 2.24) is 20.9 Å². The number of amides is 3. The van der Waals surface area contributed by atoms with Gasteiger partial charge in [-0.1, -0.05) is 62.2 Å². The Labute approximate surface area is 253 Å². The second kappa shape index (κ2) is 14.8. The van der Waals surface area contributed by atoms with E-state index < -0.39 is 30.6 Å². The first-order valence-corrected chi connectivity index (χ1v) is 15.3. The summed E-state index contributed by atoms with van der Waals surface area (Å²) in [6.07, 6.45) is 4.00. The number of likely N-dealkylation sites (N-methyl/N-ethyl adjacent to an activating group) is 1. The minimum atomic E-state index is -1.16. The van der Waals surface area contributed by atoms with Crippen molar-refractivity contribution in [2.45, 2.75) is 76.6 Å². The molecule has 2 heterocycles. The highest BCUT2D eigenvalue weighted by atomic mass is 35.5. The molecular weight excluding hydrogens is 556 g/mol. The number of carbonyl (C=O) groups excluding carboxylic acids is 3. The molecule has 2 aliphatic rings. The lowest BCUT2D eigenvalue weighted by Gasteiger charge is -2.34. The summed E-state index contributed by atoms with van der Waals surface area (Å²) in [5.74, 6) is -0.350. The number of hydrogen-bond acceptors (Lipinski definition) is 6. The van der Waals surface area contributed by atoms with Gasteiger partial charge in [-0.05, 0) is 60.4 Å². The standard InChI is InChI=1S/C32H43ClN4O5/c1-4-20(2)28-32(41)37(3)27(19-38)31(40)36-26(17-21-10-13-24(33)14-11-21)30(39)34-16-6-9-22-7-5-8-23-12-15-25(18-35-28)42-29(22)23/h5,7-8,10-11,13-14,20,25-28,35,38H,4,6,9,12,15-19H2,1-3H3,(H,34,39)(H,36,40)/t20?,25?,26-,27+,28+/m1/s1. The van der Waals surface area contributed by atoms with Crippen LogP contribution in [0.25, 0.3) is 0 Å². The Balaban J connectivity index is 1.63. The van der Waals surface area contributed by atoms with Crippen LogP contribution in [0.2, 0.25) is 5.02 Å². The highest BCUT2D eigenvalue weighted by Crippen LogP contribution is 2.32. The van der Waals surface area contributed by atoms with Gasteiger partial charge in [-0.25, -0.2) is 0 Å². The quantitative estimate of drug-likeness (QED) is 0.420. The maximum absolute atomic E-state index is 13.8. The van der Waals surface area contributed by atoms with Gasteiger partial charge in [0.2, 0.25) is 17.7 Å². The molecule has 4 rings (SSSR count). The van der Waals surface area contributed by atoms with Crippen LogP contribution < -0.4 is 20.7 Å². The molecule has 2 bridgehead atoms. The summed E-state index contributed by atoms with van der Waals surface area (Å²) in [7, 11) is 1.52. The highest BCUT2D eigenvalue weighted by Gasteiger charge is 2.35. The van der Waals surface area contributed by atoms with E-state index in [1.54, 1.807) is 24.3 Å². The van der Waals surface area contributed by atoms with Crippen molar-refractivity contribution in [1.29, 1.82) is 0 Å². The van der Waals surface area contributed by atoms with E-state index in [4.69, 9.17) is 16.3 Å². The summed E-state index contributed by atoms with van der Waals surface area (Å²) in [6, 6.07) is 10.6. The summed E-state index contributed by atoms with van der Waals surface area (Å²) in [6.45, 7) is 4.32. The maximum atomic E-state index is 13.8. The summed E-state index contributed by atoms with van der Waals surface area (Å²) in [5, 5.41) is 20.0. The number of carbonyl (C=O) groups is 3. The first kappa shape index (κ1) is 31.8. The molecule has 9 nitrogen and oxygen atoms in total. The molecule has 228 valence electrons. The Morgan fingerprint density at radius 3 is 2.48 bits per heavy atom. The molecule has 2 aliphatic heterocycles. The third-order valence-corrected chi connectivity index (χ3v) is 8.69. The molecule has 0 fully saturated rings. The first-order valence-electron chi connectivity index (χ1n) is 14.9. The molecule has 0 saturated heterocycles. The molecule has 2 aromatic carbocycles. The molecule has 2 unspecified atom stereocenters. The van der Waals surface area contributed by atoms with Gasteiger partial charge in [0.1, 0.15) is 23.9 Å². The molecular formula is C32H43ClN4O5. The Hall–Kier alpha value is -3.14. The third-order valence-electron chi connectivity index (χ3n) is 8.44. The number of rotatable bonds is 5. The van der Waals surface area contributed by atoms with Gasteiger partial charge >= 0.3 is 0 Å². The average molecular weight is 599 g/mol. The Bertz CT molecular complexity index is 1240. The summed E-state index contributed by atoms with van der Waals surface area (Å²) >= 11 is 6.04. The Kier molecular flexibility index (Phi) is 11.2. The number of hydrogen-bond donors (Lipinski definition) is 4. The number of nitrogens with one attached hydrogen (secondary N) is 3. The molecule has 42 heavy (non-hydrogen) atoms. The highest BCUT2D eigenvalue weighted by molar-refractivity contribution is 6.30. The minimum Gasteiger partial charge on any atom is -0.489 e. The lowest BCUT2D eigenvalue weighted by atomic mass is 9.95. The Morgan fingerprint density at radius 2 is 1.79 bits per heavy atom. The molecule has 4 N–H and O–H groups in total. The van der Waals surface area contributed by atoms with Crippen LogP contribution in [0.5, 0.6) is 5.75 Å². The molecule has 3 amide bonds. The average Bonchev–Trinajstić information content (AvgIpc) is 2.99. The number of aryl methyl sites for hydroxylation is 2. The number of benzene rings is 2. The van der Waals surface area contributed by atoms with Gasteiger partial charge in [0.25, 0.3) is 0 Å². The Morgan fingerprint density at radius 1 is 1.07 bits per heavy atom. The molecule has 2 aromatic rings. The molecule has 0 saturated carbocycles. The zero-order chi connectivity index (χ0) is 30.2. The number of fused-ring (bicyclic) bond motifs is 1. The van der Waals surface area contributed by atoms with E-state index in [-0.39, 0.29) is 30.3 Å². The van der Waals surface area contributed by atoms with Gasteiger partial charge in [-0.3, -0.25) is 14.4 Å². The zero-order valence-corrected chi connectivity index (χ0v) is 25.5. The summed E-state index contributed by atoms with van der Waals surface area (Å²) < 4.78 is 6.47.